The molecule has 2 aromatic rings. The van der Waals surface area contributed by atoms with Crippen LogP contribution in [0.2, 0.25) is 0 Å². The fourth-order valence-electron chi connectivity index (χ4n) is 4.42. The summed E-state index contributed by atoms with van der Waals surface area (Å²) in [4.78, 5) is 7.86. The molecule has 15 nitrogen and oxygen atoms in total. The van der Waals surface area contributed by atoms with Gasteiger partial charge in [0.2, 0.25) is 0 Å². The van der Waals surface area contributed by atoms with Crippen molar-refractivity contribution < 1.29 is 61.4 Å². The molecule has 17 heteroatoms. The highest BCUT2D eigenvalue weighted by Gasteiger charge is 2.51. The summed E-state index contributed by atoms with van der Waals surface area (Å²) in [6.45, 7) is -0.667. The van der Waals surface area contributed by atoms with Gasteiger partial charge in [-0.05, 0) is 35.4 Å². The Bertz CT molecular complexity index is 1210. The van der Waals surface area contributed by atoms with Crippen LogP contribution in [0.5, 0.6) is 0 Å². The quantitative estimate of drug-likeness (QED) is 0.316. The van der Waals surface area contributed by atoms with E-state index in [2.05, 4.69) is 9.97 Å². The molecule has 3 aliphatic rings. The van der Waals surface area contributed by atoms with Crippen LogP contribution in [-0.2, 0) is 41.0 Å². The predicted molar refractivity (Wildman–Crippen MR) is 132 cm³/mol. The van der Waals surface area contributed by atoms with E-state index in [4.69, 9.17) is 31.9 Å². The third-order valence-corrected chi connectivity index (χ3v) is 9.50. The van der Waals surface area contributed by atoms with Crippen LogP contribution in [0.1, 0.15) is 36.2 Å². The van der Waals surface area contributed by atoms with Crippen LogP contribution in [0.25, 0.3) is 0 Å². The van der Waals surface area contributed by atoms with Crippen molar-refractivity contribution in [2.45, 2.75) is 61.9 Å². The van der Waals surface area contributed by atoms with Gasteiger partial charge in [-0.1, -0.05) is 0 Å². The molecule has 0 bridgehead atoms. The molecule has 0 saturated carbocycles. The lowest BCUT2D eigenvalue weighted by atomic mass is 9.96. The van der Waals surface area contributed by atoms with E-state index in [0.717, 1.165) is 0 Å². The van der Waals surface area contributed by atoms with Crippen LogP contribution in [0.4, 0.5) is 0 Å². The number of phosphoric acid groups is 2. The first-order valence-corrected chi connectivity index (χ1v) is 15.4. The zero-order chi connectivity index (χ0) is 28.3. The molecule has 2 unspecified atom stereocenters. The Balaban J connectivity index is 1.21. The standard InChI is InChI=1S/C23H30N2O13P2/c26-16(13-34-39(30)32-11-5-17(36-39)14-1-7-24-8-2-14)22-20(28)19(27)21(29)23(35-22)38-40(31)33-12-6-18(37-40)15-3-9-25-10-4-15/h1-4,7-10,16-23,26-29H,5-6,11-13H2/t16-,17+,18-,19+,20+,21+,22-,23+,39?,40?/m1/s1. The number of hydrogen-bond acceptors (Lipinski definition) is 15. The number of aliphatic hydroxyl groups excluding tert-OH is 4. The smallest absolute Gasteiger partial charge is 0.388 e. The molecule has 5 rings (SSSR count). The van der Waals surface area contributed by atoms with E-state index in [9.17, 15) is 29.6 Å². The van der Waals surface area contributed by atoms with Crippen molar-refractivity contribution in [3.63, 3.8) is 0 Å². The minimum absolute atomic E-state index is 0.00602. The molecule has 220 valence electrons. The average Bonchev–Trinajstić information content (AvgIpc) is 2.97. The summed E-state index contributed by atoms with van der Waals surface area (Å²) < 4.78 is 63.9. The van der Waals surface area contributed by atoms with Crippen molar-refractivity contribution in [3.8, 4) is 0 Å². The van der Waals surface area contributed by atoms with Crippen LogP contribution < -0.4 is 0 Å². The molecule has 0 aromatic carbocycles. The molecule has 10 atom stereocenters. The summed E-state index contributed by atoms with van der Waals surface area (Å²) >= 11 is 0. The second-order valence-electron chi connectivity index (χ2n) is 9.30. The first-order chi connectivity index (χ1) is 19.2. The lowest BCUT2D eigenvalue weighted by Gasteiger charge is -2.43. The van der Waals surface area contributed by atoms with Gasteiger partial charge in [-0.2, -0.15) is 0 Å². The molecule has 2 aromatic heterocycles. The summed E-state index contributed by atoms with van der Waals surface area (Å²) in [7, 11) is -8.46. The molecule has 5 heterocycles. The Kier molecular flexibility index (Phi) is 9.44. The van der Waals surface area contributed by atoms with Crippen LogP contribution in [0, 0.1) is 0 Å². The van der Waals surface area contributed by atoms with Gasteiger partial charge < -0.3 is 25.2 Å². The van der Waals surface area contributed by atoms with E-state index in [1.807, 2.05) is 0 Å². The molecular formula is C23H30N2O13P2. The Labute approximate surface area is 229 Å². The molecule has 3 aliphatic heterocycles. The Morgan fingerprint density at radius 1 is 0.825 bits per heavy atom. The van der Waals surface area contributed by atoms with E-state index in [1.54, 1.807) is 36.7 Å². The van der Waals surface area contributed by atoms with E-state index >= 15 is 0 Å². The zero-order valence-electron chi connectivity index (χ0n) is 21.0. The molecule has 0 amide bonds. The van der Waals surface area contributed by atoms with E-state index in [1.165, 1.54) is 12.4 Å². The number of aromatic nitrogens is 2. The summed E-state index contributed by atoms with van der Waals surface area (Å²) in [5.74, 6) is 0. The van der Waals surface area contributed by atoms with E-state index in [0.29, 0.717) is 24.0 Å². The van der Waals surface area contributed by atoms with Gasteiger partial charge in [-0.3, -0.25) is 37.1 Å². The maximum absolute atomic E-state index is 13.2. The average molecular weight is 604 g/mol. The zero-order valence-corrected chi connectivity index (χ0v) is 22.8. The fourth-order valence-corrected chi connectivity index (χ4v) is 7.29. The summed E-state index contributed by atoms with van der Waals surface area (Å²) in [5, 5.41) is 42.0. The number of rotatable bonds is 8. The van der Waals surface area contributed by atoms with Crippen LogP contribution in [-0.4, -0.2) is 87.0 Å². The van der Waals surface area contributed by atoms with Crippen molar-refractivity contribution in [1.29, 1.82) is 0 Å². The van der Waals surface area contributed by atoms with Gasteiger partial charge in [-0.15, -0.1) is 0 Å². The van der Waals surface area contributed by atoms with Gasteiger partial charge in [0.1, 0.15) is 30.5 Å². The van der Waals surface area contributed by atoms with Crippen LogP contribution >= 0.6 is 15.6 Å². The van der Waals surface area contributed by atoms with Gasteiger partial charge >= 0.3 is 15.6 Å². The largest absolute Gasteiger partial charge is 0.477 e. The van der Waals surface area contributed by atoms with E-state index < -0.39 is 71.3 Å². The van der Waals surface area contributed by atoms with Crippen molar-refractivity contribution in [2.24, 2.45) is 0 Å². The number of nitrogens with zero attached hydrogens (tertiary/aromatic N) is 2. The maximum atomic E-state index is 13.2. The normalized spacial score (nSPS) is 39.5. The first-order valence-electron chi connectivity index (χ1n) is 12.5. The van der Waals surface area contributed by atoms with Crippen molar-refractivity contribution in [1.82, 2.24) is 9.97 Å². The molecule has 40 heavy (non-hydrogen) atoms. The molecule has 4 N–H and O–H groups in total. The molecule has 3 saturated heterocycles. The molecule has 0 spiro atoms. The number of aliphatic hydroxyl groups is 4. The number of hydrogen-bond donors (Lipinski definition) is 4. The van der Waals surface area contributed by atoms with Gasteiger partial charge in [0.05, 0.1) is 32.0 Å². The highest BCUT2D eigenvalue weighted by Crippen LogP contribution is 2.59. The number of ether oxygens (including phenoxy) is 1. The second-order valence-corrected chi connectivity index (χ2v) is 12.5. The monoisotopic (exact) mass is 604 g/mol. The van der Waals surface area contributed by atoms with Crippen molar-refractivity contribution in [3.05, 3.63) is 60.2 Å². The minimum Gasteiger partial charge on any atom is -0.388 e. The van der Waals surface area contributed by atoms with Crippen LogP contribution in [0.15, 0.2) is 49.1 Å². The topological polar surface area (TPSA) is 205 Å². The molecule has 0 radical (unpaired) electrons. The first kappa shape index (κ1) is 29.8. The van der Waals surface area contributed by atoms with Gasteiger partial charge in [-0.25, -0.2) is 9.13 Å². The summed E-state index contributed by atoms with van der Waals surface area (Å²) in [5.41, 5.74) is 1.38. The van der Waals surface area contributed by atoms with Crippen LogP contribution in [0.3, 0.4) is 0 Å². The highest BCUT2D eigenvalue weighted by molar-refractivity contribution is 7.48. The van der Waals surface area contributed by atoms with Gasteiger partial charge in [0, 0.05) is 37.6 Å². The van der Waals surface area contributed by atoms with Gasteiger partial charge in [0.15, 0.2) is 6.29 Å². The van der Waals surface area contributed by atoms with E-state index in [-0.39, 0.29) is 13.2 Å². The lowest BCUT2D eigenvalue weighted by molar-refractivity contribution is -0.294. The maximum Gasteiger partial charge on any atom is 0.477 e. The molecule has 0 aliphatic carbocycles. The third kappa shape index (κ3) is 6.85. The Morgan fingerprint density at radius 2 is 1.35 bits per heavy atom. The minimum atomic E-state index is -4.33. The summed E-state index contributed by atoms with van der Waals surface area (Å²) in [6, 6.07) is 6.73. The lowest BCUT2D eigenvalue weighted by Crippen LogP contribution is -2.61. The van der Waals surface area contributed by atoms with Gasteiger partial charge in [0.25, 0.3) is 0 Å². The highest BCUT2D eigenvalue weighted by atomic mass is 31.2. The Hall–Kier alpha value is -1.68. The third-order valence-electron chi connectivity index (χ3n) is 6.55. The molecular weight excluding hydrogens is 574 g/mol. The van der Waals surface area contributed by atoms with Crippen molar-refractivity contribution >= 4 is 15.6 Å². The second kappa shape index (κ2) is 12.7. The van der Waals surface area contributed by atoms with Crippen molar-refractivity contribution in [2.75, 3.05) is 19.8 Å². The molecule has 3 fully saturated rings. The Morgan fingerprint density at radius 3 is 1.93 bits per heavy atom. The SMILES string of the molecule is O=P1(OC[C@@H](O)[C@H]2O[C@@H](OP3(=O)OCC[C@H](c4ccncc4)O3)[C@@H](O)[C@@H](O)[C@@H]2O)OCC[C@@H](c2ccncc2)O1. The number of phosphoric ester groups is 2. The predicted octanol–water partition coefficient (Wildman–Crippen LogP) is 1.55. The number of pyridine rings is 2. The fraction of sp³-hybridized carbons (Fsp3) is 0.565. The summed E-state index contributed by atoms with van der Waals surface area (Å²) in [6.07, 6.45) is -5.12.